The maximum absolute atomic E-state index is 12.7. The molecule has 0 bridgehead atoms. The van der Waals surface area contributed by atoms with Crippen molar-refractivity contribution in [2.24, 2.45) is 0 Å². The van der Waals surface area contributed by atoms with Crippen molar-refractivity contribution in [3.63, 3.8) is 0 Å². The lowest BCUT2D eigenvalue weighted by Gasteiger charge is -2.37. The van der Waals surface area contributed by atoms with Crippen LogP contribution < -0.4 is 5.43 Å². The Morgan fingerprint density at radius 2 is 1.83 bits per heavy atom. The van der Waals surface area contributed by atoms with E-state index < -0.39 is 17.1 Å². The highest BCUT2D eigenvalue weighted by molar-refractivity contribution is 5.95. The minimum Gasteiger partial charge on any atom is -0.502 e. The number of hydrogen-bond acceptors (Lipinski definition) is 5. The van der Waals surface area contributed by atoms with E-state index in [1.54, 1.807) is 13.2 Å². The Balaban J connectivity index is 1.79. The summed E-state index contributed by atoms with van der Waals surface area (Å²) in [6, 6.07) is 12.0. The van der Waals surface area contributed by atoms with E-state index in [1.807, 2.05) is 18.2 Å². The smallest absolute Gasteiger partial charge is 0.275 e. The number of pyridine rings is 1. The summed E-state index contributed by atoms with van der Waals surface area (Å²) in [4.78, 5) is 31.0. The second-order valence-corrected chi connectivity index (χ2v) is 7.63. The first kappa shape index (κ1) is 17.6. The van der Waals surface area contributed by atoms with E-state index in [2.05, 4.69) is 23.3 Å². The molecule has 1 aromatic carbocycles. The number of hydrogen-bond donors (Lipinski definition) is 1. The van der Waals surface area contributed by atoms with E-state index in [0.29, 0.717) is 6.54 Å². The van der Waals surface area contributed by atoms with Gasteiger partial charge in [-0.15, -0.1) is 0 Å². The molecule has 7 heteroatoms. The Morgan fingerprint density at radius 1 is 1.07 bits per heavy atom. The fraction of sp³-hybridized carbons (Fsp3) is 0.273. The largest absolute Gasteiger partial charge is 0.502 e. The van der Waals surface area contributed by atoms with Crippen LogP contribution in [0.25, 0.3) is 0 Å². The van der Waals surface area contributed by atoms with E-state index in [0.717, 1.165) is 30.3 Å². The molecule has 7 nitrogen and oxygen atoms in total. The van der Waals surface area contributed by atoms with Gasteiger partial charge in [0.25, 0.3) is 5.91 Å². The summed E-state index contributed by atoms with van der Waals surface area (Å²) in [5.41, 5.74) is 3.79. The molecule has 146 valence electrons. The predicted octanol–water partition coefficient (Wildman–Crippen LogP) is 1.90. The molecule has 2 aliphatic rings. The van der Waals surface area contributed by atoms with Crippen molar-refractivity contribution in [1.29, 1.82) is 0 Å². The van der Waals surface area contributed by atoms with Crippen LogP contribution in [-0.4, -0.2) is 44.3 Å². The molecule has 0 fully saturated rings. The van der Waals surface area contributed by atoms with Crippen LogP contribution in [0.15, 0.2) is 53.6 Å². The van der Waals surface area contributed by atoms with Gasteiger partial charge in [0.2, 0.25) is 5.43 Å². The minimum absolute atomic E-state index is 0.0598. The first-order valence-corrected chi connectivity index (χ1v) is 9.64. The van der Waals surface area contributed by atoms with Crippen molar-refractivity contribution in [2.75, 3.05) is 13.6 Å². The van der Waals surface area contributed by atoms with Gasteiger partial charge in [0, 0.05) is 19.8 Å². The molecule has 1 aliphatic carbocycles. The van der Waals surface area contributed by atoms with Crippen LogP contribution in [0, 0.1) is 0 Å². The third-order valence-electron chi connectivity index (χ3n) is 5.97. The van der Waals surface area contributed by atoms with Crippen LogP contribution in [0.5, 0.6) is 5.75 Å². The summed E-state index contributed by atoms with van der Waals surface area (Å²) in [5, 5.41) is 14.6. The van der Waals surface area contributed by atoms with Crippen LogP contribution in [0.1, 0.15) is 44.8 Å². The average molecular weight is 388 g/mol. The summed E-state index contributed by atoms with van der Waals surface area (Å²) in [5.74, 6) is -1.12. The van der Waals surface area contributed by atoms with Crippen molar-refractivity contribution in [3.8, 4) is 5.75 Å². The molecular formula is C22H20N4O3. The number of aromatic hydroxyl groups is 1. The molecular weight excluding hydrogens is 368 g/mol. The van der Waals surface area contributed by atoms with E-state index in [1.165, 1.54) is 20.7 Å². The molecule has 2 aromatic heterocycles. The van der Waals surface area contributed by atoms with Gasteiger partial charge in [-0.1, -0.05) is 30.3 Å². The molecule has 0 saturated heterocycles. The maximum atomic E-state index is 12.7. The third kappa shape index (κ3) is 2.65. The van der Waals surface area contributed by atoms with Crippen molar-refractivity contribution in [3.05, 3.63) is 87.1 Å². The topological polar surface area (TPSA) is 88.3 Å². The molecule has 0 radical (unpaired) electrons. The maximum Gasteiger partial charge on any atom is 0.275 e. The Morgan fingerprint density at radius 3 is 2.69 bits per heavy atom. The van der Waals surface area contributed by atoms with Crippen LogP contribution in [0.3, 0.4) is 0 Å². The average Bonchev–Trinajstić information content (AvgIpc) is 2.90. The van der Waals surface area contributed by atoms with Crippen molar-refractivity contribution in [2.45, 2.75) is 24.8 Å². The highest BCUT2D eigenvalue weighted by atomic mass is 16.3. The molecule has 3 aromatic rings. The van der Waals surface area contributed by atoms with Gasteiger partial charge in [-0.3, -0.25) is 19.3 Å². The number of nitrogens with zero attached hydrogens (tertiary/aromatic N) is 4. The number of aryl methyl sites for hydroxylation is 2. The second-order valence-electron chi connectivity index (χ2n) is 7.63. The normalized spacial score (nSPS) is 20.4. The summed E-state index contributed by atoms with van der Waals surface area (Å²) in [6.07, 6.45) is 4.65. The van der Waals surface area contributed by atoms with E-state index in [-0.39, 0.29) is 17.7 Å². The second kappa shape index (κ2) is 6.55. The van der Waals surface area contributed by atoms with Crippen molar-refractivity contribution < 1.29 is 9.90 Å². The Labute approximate surface area is 167 Å². The number of aromatic nitrogens is 3. The molecule has 29 heavy (non-hydrogen) atoms. The first-order valence-electron chi connectivity index (χ1n) is 9.64. The fourth-order valence-electron chi connectivity index (χ4n) is 4.59. The third-order valence-corrected chi connectivity index (χ3v) is 5.97. The van der Waals surface area contributed by atoms with Gasteiger partial charge in [-0.05, 0) is 35.6 Å². The minimum atomic E-state index is -0.654. The van der Waals surface area contributed by atoms with E-state index in [4.69, 9.17) is 4.98 Å². The van der Waals surface area contributed by atoms with Crippen LogP contribution in [-0.2, 0) is 12.8 Å². The van der Waals surface area contributed by atoms with Gasteiger partial charge in [0.1, 0.15) is 0 Å². The SMILES string of the molecule is CN1CC(C2c3ccccc3CCc3cccnc32)n2ncc(=O)c(O)c2C1=O. The molecule has 1 aliphatic heterocycles. The molecule has 3 heterocycles. The number of amides is 1. The van der Waals surface area contributed by atoms with E-state index in [9.17, 15) is 14.7 Å². The first-order chi connectivity index (χ1) is 14.1. The molecule has 5 rings (SSSR count). The quantitative estimate of drug-likeness (QED) is 0.688. The molecule has 2 atom stereocenters. The van der Waals surface area contributed by atoms with Crippen LogP contribution in [0.2, 0.25) is 0 Å². The summed E-state index contributed by atoms with van der Waals surface area (Å²) < 4.78 is 1.52. The molecule has 2 unspecified atom stereocenters. The zero-order valence-corrected chi connectivity index (χ0v) is 15.9. The van der Waals surface area contributed by atoms with Gasteiger partial charge in [0.05, 0.1) is 23.9 Å². The van der Waals surface area contributed by atoms with Gasteiger partial charge in [-0.2, -0.15) is 5.10 Å². The van der Waals surface area contributed by atoms with E-state index >= 15 is 0 Å². The van der Waals surface area contributed by atoms with Crippen molar-refractivity contribution in [1.82, 2.24) is 19.7 Å². The lowest BCUT2D eigenvalue weighted by Crippen LogP contribution is -2.45. The number of benzene rings is 1. The Bertz CT molecular complexity index is 1140. The van der Waals surface area contributed by atoms with Crippen LogP contribution >= 0.6 is 0 Å². The Kier molecular flexibility index (Phi) is 3.97. The number of rotatable bonds is 1. The predicted molar refractivity (Wildman–Crippen MR) is 106 cm³/mol. The summed E-state index contributed by atoms with van der Waals surface area (Å²) in [7, 11) is 1.68. The monoisotopic (exact) mass is 388 g/mol. The standard InChI is InChI=1S/C22H20N4O3/c1-25-12-16(26-20(22(25)29)21(28)17(27)11-24-26)18-15-7-3-2-5-13(15)8-9-14-6-4-10-23-19(14)18/h2-7,10-11,16,18,28H,8-9,12H2,1H3. The molecule has 0 saturated carbocycles. The zero-order chi connectivity index (χ0) is 20.1. The van der Waals surface area contributed by atoms with Gasteiger partial charge >= 0.3 is 0 Å². The number of carbonyl (C=O) groups excluding carboxylic acids is 1. The molecule has 0 spiro atoms. The molecule has 1 amide bonds. The summed E-state index contributed by atoms with van der Waals surface area (Å²) >= 11 is 0. The van der Waals surface area contributed by atoms with Gasteiger partial charge in [-0.25, -0.2) is 0 Å². The highest BCUT2D eigenvalue weighted by Crippen LogP contribution is 2.42. The number of likely N-dealkylation sites (N-methyl/N-ethyl adjacent to an activating group) is 1. The zero-order valence-electron chi connectivity index (χ0n) is 15.9. The fourth-order valence-corrected chi connectivity index (χ4v) is 4.59. The number of fused-ring (bicyclic) bond motifs is 3. The highest BCUT2D eigenvalue weighted by Gasteiger charge is 2.40. The lowest BCUT2D eigenvalue weighted by molar-refractivity contribution is 0.0685. The lowest BCUT2D eigenvalue weighted by atomic mass is 9.84. The number of carbonyl (C=O) groups is 1. The molecule has 1 N–H and O–H groups in total. The van der Waals surface area contributed by atoms with Gasteiger partial charge < -0.3 is 10.0 Å². The summed E-state index contributed by atoms with van der Waals surface area (Å²) in [6.45, 7) is 0.399. The van der Waals surface area contributed by atoms with Crippen LogP contribution in [0.4, 0.5) is 0 Å². The van der Waals surface area contributed by atoms with Crippen molar-refractivity contribution >= 4 is 5.91 Å². The van der Waals surface area contributed by atoms with Gasteiger partial charge in [0.15, 0.2) is 11.4 Å². The Hall–Kier alpha value is -3.48.